The second kappa shape index (κ2) is 4.93. The predicted octanol–water partition coefficient (Wildman–Crippen LogP) is 2.31. The first-order valence-electron chi connectivity index (χ1n) is 3.93. The standard InChI is InChI=1S/C8H11ClN2O/c1-2-3-4-12-7-5-10-8(9)11-6-7/h5-6H,2-4H2,1H3. The minimum Gasteiger partial charge on any atom is -0.490 e. The minimum absolute atomic E-state index is 0.248. The number of hydrogen-bond acceptors (Lipinski definition) is 3. The summed E-state index contributed by atoms with van der Waals surface area (Å²) in [5.74, 6) is 0.674. The summed E-state index contributed by atoms with van der Waals surface area (Å²) in [5, 5.41) is 0.248. The van der Waals surface area contributed by atoms with Crippen LogP contribution in [0, 0.1) is 0 Å². The summed E-state index contributed by atoms with van der Waals surface area (Å²) < 4.78 is 5.32. The maximum absolute atomic E-state index is 5.50. The van der Waals surface area contributed by atoms with Crippen LogP contribution in [0.25, 0.3) is 0 Å². The fourth-order valence-electron chi connectivity index (χ4n) is 0.709. The van der Waals surface area contributed by atoms with Gasteiger partial charge in [-0.1, -0.05) is 13.3 Å². The molecule has 0 N–H and O–H groups in total. The van der Waals surface area contributed by atoms with E-state index in [1.165, 1.54) is 0 Å². The van der Waals surface area contributed by atoms with Gasteiger partial charge in [0.25, 0.3) is 0 Å². The molecule has 0 amide bonds. The highest BCUT2D eigenvalue weighted by Crippen LogP contribution is 2.08. The zero-order valence-electron chi connectivity index (χ0n) is 6.96. The first-order valence-corrected chi connectivity index (χ1v) is 4.31. The topological polar surface area (TPSA) is 35.0 Å². The Morgan fingerprint density at radius 3 is 2.67 bits per heavy atom. The number of unbranched alkanes of at least 4 members (excludes halogenated alkanes) is 1. The van der Waals surface area contributed by atoms with E-state index in [9.17, 15) is 0 Å². The Balaban J connectivity index is 2.37. The number of rotatable bonds is 4. The summed E-state index contributed by atoms with van der Waals surface area (Å²) in [6, 6.07) is 0. The first kappa shape index (κ1) is 9.26. The second-order valence-electron chi connectivity index (χ2n) is 2.39. The molecule has 0 saturated heterocycles. The maximum Gasteiger partial charge on any atom is 0.222 e. The lowest BCUT2D eigenvalue weighted by Gasteiger charge is -2.02. The summed E-state index contributed by atoms with van der Waals surface area (Å²) in [7, 11) is 0. The first-order chi connectivity index (χ1) is 5.83. The zero-order valence-corrected chi connectivity index (χ0v) is 7.71. The number of ether oxygens (including phenoxy) is 1. The molecule has 0 spiro atoms. The number of nitrogens with zero attached hydrogens (tertiary/aromatic N) is 2. The van der Waals surface area contributed by atoms with Gasteiger partial charge in [-0.2, -0.15) is 0 Å². The van der Waals surface area contributed by atoms with Crippen molar-refractivity contribution in [3.8, 4) is 5.75 Å². The van der Waals surface area contributed by atoms with Gasteiger partial charge in [0.05, 0.1) is 19.0 Å². The van der Waals surface area contributed by atoms with E-state index in [0.29, 0.717) is 12.4 Å². The smallest absolute Gasteiger partial charge is 0.222 e. The van der Waals surface area contributed by atoms with Crippen molar-refractivity contribution in [1.82, 2.24) is 9.97 Å². The lowest BCUT2D eigenvalue weighted by molar-refractivity contribution is 0.307. The molecule has 66 valence electrons. The van der Waals surface area contributed by atoms with Crippen molar-refractivity contribution < 1.29 is 4.74 Å². The van der Waals surface area contributed by atoms with Gasteiger partial charge < -0.3 is 4.74 Å². The van der Waals surface area contributed by atoms with Crippen molar-refractivity contribution in [3.05, 3.63) is 17.7 Å². The van der Waals surface area contributed by atoms with Gasteiger partial charge in [-0.05, 0) is 18.0 Å². The Hall–Kier alpha value is -0.830. The lowest BCUT2D eigenvalue weighted by atomic mass is 10.4. The van der Waals surface area contributed by atoms with E-state index >= 15 is 0 Å². The molecule has 3 nitrogen and oxygen atoms in total. The van der Waals surface area contributed by atoms with Crippen LogP contribution in [0.2, 0.25) is 5.28 Å². The Morgan fingerprint density at radius 2 is 2.08 bits per heavy atom. The van der Waals surface area contributed by atoms with Crippen LogP contribution in [-0.2, 0) is 0 Å². The highest BCUT2D eigenvalue weighted by molar-refractivity contribution is 6.28. The number of aromatic nitrogens is 2. The van der Waals surface area contributed by atoms with Gasteiger partial charge in [0.1, 0.15) is 0 Å². The normalized spacial score (nSPS) is 9.83. The molecule has 4 heteroatoms. The van der Waals surface area contributed by atoms with Crippen LogP contribution in [0.5, 0.6) is 5.75 Å². The molecule has 0 aliphatic rings. The largest absolute Gasteiger partial charge is 0.490 e. The van der Waals surface area contributed by atoms with Crippen LogP contribution in [0.4, 0.5) is 0 Å². The highest BCUT2D eigenvalue weighted by atomic mass is 35.5. The Kier molecular flexibility index (Phi) is 3.80. The fourth-order valence-corrected chi connectivity index (χ4v) is 0.807. The van der Waals surface area contributed by atoms with E-state index < -0.39 is 0 Å². The molecule has 12 heavy (non-hydrogen) atoms. The number of halogens is 1. The van der Waals surface area contributed by atoms with Crippen LogP contribution in [0.15, 0.2) is 12.4 Å². The summed E-state index contributed by atoms with van der Waals surface area (Å²) in [5.41, 5.74) is 0. The van der Waals surface area contributed by atoms with Crippen LogP contribution >= 0.6 is 11.6 Å². The molecule has 0 aliphatic carbocycles. The van der Waals surface area contributed by atoms with Crippen LogP contribution < -0.4 is 4.74 Å². The Bertz CT molecular complexity index is 225. The average Bonchev–Trinajstić information content (AvgIpc) is 2.09. The van der Waals surface area contributed by atoms with Crippen molar-refractivity contribution in [1.29, 1.82) is 0 Å². The lowest BCUT2D eigenvalue weighted by Crippen LogP contribution is -1.97. The molecular formula is C8H11ClN2O. The fraction of sp³-hybridized carbons (Fsp3) is 0.500. The summed E-state index contributed by atoms with van der Waals surface area (Å²) >= 11 is 5.50. The average molecular weight is 187 g/mol. The van der Waals surface area contributed by atoms with Gasteiger partial charge in [0, 0.05) is 0 Å². The van der Waals surface area contributed by atoms with Crippen molar-refractivity contribution in [2.75, 3.05) is 6.61 Å². The van der Waals surface area contributed by atoms with E-state index in [-0.39, 0.29) is 5.28 Å². The van der Waals surface area contributed by atoms with Gasteiger partial charge >= 0.3 is 0 Å². The van der Waals surface area contributed by atoms with Crippen LogP contribution in [-0.4, -0.2) is 16.6 Å². The molecular weight excluding hydrogens is 176 g/mol. The van der Waals surface area contributed by atoms with E-state index in [2.05, 4.69) is 16.9 Å². The van der Waals surface area contributed by atoms with Gasteiger partial charge in [-0.3, -0.25) is 0 Å². The summed E-state index contributed by atoms with van der Waals surface area (Å²) in [6.45, 7) is 2.82. The van der Waals surface area contributed by atoms with E-state index in [1.54, 1.807) is 12.4 Å². The molecule has 0 unspecified atom stereocenters. The molecule has 0 radical (unpaired) electrons. The predicted molar refractivity (Wildman–Crippen MR) is 47.4 cm³/mol. The van der Waals surface area contributed by atoms with Crippen LogP contribution in [0.3, 0.4) is 0 Å². The third-order valence-corrected chi connectivity index (χ3v) is 1.56. The van der Waals surface area contributed by atoms with Crippen molar-refractivity contribution in [2.24, 2.45) is 0 Å². The molecule has 1 heterocycles. The second-order valence-corrected chi connectivity index (χ2v) is 2.73. The van der Waals surface area contributed by atoms with Gasteiger partial charge in [-0.15, -0.1) is 0 Å². The third-order valence-electron chi connectivity index (χ3n) is 1.36. The number of hydrogen-bond donors (Lipinski definition) is 0. The van der Waals surface area contributed by atoms with Crippen molar-refractivity contribution in [3.63, 3.8) is 0 Å². The Morgan fingerprint density at radius 1 is 1.42 bits per heavy atom. The maximum atomic E-state index is 5.50. The van der Waals surface area contributed by atoms with Gasteiger partial charge in [-0.25, -0.2) is 9.97 Å². The molecule has 1 rings (SSSR count). The van der Waals surface area contributed by atoms with Gasteiger partial charge in [0.15, 0.2) is 5.75 Å². The van der Waals surface area contributed by atoms with Crippen LogP contribution in [0.1, 0.15) is 19.8 Å². The molecule has 0 atom stereocenters. The molecule has 0 bridgehead atoms. The Labute approximate surface area is 76.7 Å². The third kappa shape index (κ3) is 3.05. The SMILES string of the molecule is CCCCOc1cnc(Cl)nc1. The molecule has 0 saturated carbocycles. The van der Waals surface area contributed by atoms with E-state index in [4.69, 9.17) is 16.3 Å². The van der Waals surface area contributed by atoms with E-state index in [1.807, 2.05) is 0 Å². The molecule has 1 aromatic rings. The van der Waals surface area contributed by atoms with Crippen molar-refractivity contribution >= 4 is 11.6 Å². The molecule has 0 fully saturated rings. The zero-order chi connectivity index (χ0) is 8.81. The van der Waals surface area contributed by atoms with E-state index in [0.717, 1.165) is 12.8 Å². The molecule has 0 aromatic carbocycles. The van der Waals surface area contributed by atoms with Gasteiger partial charge in [0.2, 0.25) is 5.28 Å². The highest BCUT2D eigenvalue weighted by Gasteiger charge is 1.94. The monoisotopic (exact) mass is 186 g/mol. The quantitative estimate of drug-likeness (QED) is 0.535. The summed E-state index contributed by atoms with van der Waals surface area (Å²) in [6.07, 6.45) is 5.31. The molecule has 0 aliphatic heterocycles. The summed E-state index contributed by atoms with van der Waals surface area (Å²) in [4.78, 5) is 7.57. The molecule has 1 aromatic heterocycles. The minimum atomic E-state index is 0.248. The van der Waals surface area contributed by atoms with Crippen molar-refractivity contribution in [2.45, 2.75) is 19.8 Å².